The first-order valence-electron chi connectivity index (χ1n) is 7.19. The molecular formula is C17H14N2O3S. The van der Waals surface area contributed by atoms with E-state index in [4.69, 9.17) is 9.47 Å². The Labute approximate surface area is 136 Å². The Kier molecular flexibility index (Phi) is 3.46. The zero-order valence-electron chi connectivity index (χ0n) is 12.5. The average molecular weight is 326 g/mol. The molecule has 0 fully saturated rings. The van der Waals surface area contributed by atoms with Gasteiger partial charge >= 0.3 is 0 Å². The van der Waals surface area contributed by atoms with Gasteiger partial charge in [-0.25, -0.2) is 4.98 Å². The lowest BCUT2D eigenvalue weighted by Crippen LogP contribution is -2.19. The number of benzene rings is 2. The first-order valence-corrected chi connectivity index (χ1v) is 8.18. The van der Waals surface area contributed by atoms with Gasteiger partial charge in [-0.2, -0.15) is 0 Å². The summed E-state index contributed by atoms with van der Waals surface area (Å²) in [6.45, 7) is 0.270. The molecular weight excluding hydrogens is 312 g/mol. The van der Waals surface area contributed by atoms with Crippen molar-refractivity contribution < 1.29 is 9.47 Å². The van der Waals surface area contributed by atoms with Gasteiger partial charge in [-0.1, -0.05) is 30.0 Å². The summed E-state index contributed by atoms with van der Waals surface area (Å²) in [6, 6.07) is 13.3. The van der Waals surface area contributed by atoms with Gasteiger partial charge in [0.1, 0.15) is 0 Å². The Hall–Kier alpha value is -2.47. The molecule has 1 aliphatic heterocycles. The number of aromatic nitrogens is 2. The molecule has 2 aromatic carbocycles. The lowest BCUT2D eigenvalue weighted by molar-refractivity contribution is 0.174. The van der Waals surface area contributed by atoms with E-state index in [2.05, 4.69) is 4.98 Å². The van der Waals surface area contributed by atoms with Crippen LogP contribution in [0.2, 0.25) is 0 Å². The molecule has 5 nitrogen and oxygen atoms in total. The molecule has 116 valence electrons. The maximum Gasteiger partial charge on any atom is 0.261 e. The van der Waals surface area contributed by atoms with E-state index in [1.165, 1.54) is 11.8 Å². The van der Waals surface area contributed by atoms with E-state index < -0.39 is 0 Å². The molecule has 3 aromatic rings. The fraction of sp³-hybridized carbons (Fsp3) is 0.176. The summed E-state index contributed by atoms with van der Waals surface area (Å²) in [6.07, 6.45) is 0. The molecule has 0 amide bonds. The second-order valence-corrected chi connectivity index (χ2v) is 6.19. The van der Waals surface area contributed by atoms with Crippen molar-refractivity contribution in [3.63, 3.8) is 0 Å². The Bertz CT molecular complexity index is 952. The molecule has 0 saturated heterocycles. The predicted octanol–water partition coefficient (Wildman–Crippen LogP) is 2.95. The van der Waals surface area contributed by atoms with Gasteiger partial charge in [0.25, 0.3) is 5.56 Å². The van der Waals surface area contributed by atoms with E-state index >= 15 is 0 Å². The van der Waals surface area contributed by atoms with E-state index in [0.29, 0.717) is 16.3 Å². The smallest absolute Gasteiger partial charge is 0.261 e. The van der Waals surface area contributed by atoms with Gasteiger partial charge in [-0.05, 0) is 29.8 Å². The van der Waals surface area contributed by atoms with Crippen LogP contribution in [-0.2, 0) is 12.8 Å². The molecule has 0 aliphatic carbocycles. The zero-order valence-corrected chi connectivity index (χ0v) is 13.3. The maximum atomic E-state index is 12.4. The van der Waals surface area contributed by atoms with Crippen molar-refractivity contribution in [3.05, 3.63) is 58.4 Å². The summed E-state index contributed by atoms with van der Waals surface area (Å²) in [5, 5.41) is 1.34. The van der Waals surface area contributed by atoms with E-state index in [1.54, 1.807) is 17.7 Å². The van der Waals surface area contributed by atoms with E-state index in [-0.39, 0.29) is 12.4 Å². The Balaban J connectivity index is 1.63. The van der Waals surface area contributed by atoms with E-state index in [1.807, 2.05) is 36.4 Å². The SMILES string of the molecule is Cn1c(SCc2ccc3c(c2)OCO3)nc2ccccc2c1=O. The minimum atomic E-state index is -0.0243. The highest BCUT2D eigenvalue weighted by Gasteiger charge is 2.14. The molecule has 1 aliphatic rings. The van der Waals surface area contributed by atoms with E-state index in [9.17, 15) is 4.79 Å². The molecule has 0 radical (unpaired) electrons. The highest BCUT2D eigenvalue weighted by Crippen LogP contribution is 2.34. The van der Waals surface area contributed by atoms with Gasteiger partial charge in [0, 0.05) is 12.8 Å². The van der Waals surface area contributed by atoms with Gasteiger partial charge in [-0.3, -0.25) is 9.36 Å². The van der Waals surface area contributed by atoms with Crippen LogP contribution in [0.1, 0.15) is 5.56 Å². The van der Waals surface area contributed by atoms with Crippen molar-refractivity contribution in [2.45, 2.75) is 10.9 Å². The van der Waals surface area contributed by atoms with Crippen molar-refractivity contribution in [2.75, 3.05) is 6.79 Å². The number of para-hydroxylation sites is 1. The average Bonchev–Trinajstić information content (AvgIpc) is 3.04. The number of hydrogen-bond acceptors (Lipinski definition) is 5. The van der Waals surface area contributed by atoms with Crippen LogP contribution in [0.4, 0.5) is 0 Å². The molecule has 0 unspecified atom stereocenters. The van der Waals surface area contributed by atoms with Crippen molar-refractivity contribution in [2.24, 2.45) is 7.05 Å². The number of rotatable bonds is 3. The number of thioether (sulfide) groups is 1. The van der Waals surface area contributed by atoms with Gasteiger partial charge in [-0.15, -0.1) is 0 Å². The molecule has 4 rings (SSSR count). The lowest BCUT2D eigenvalue weighted by atomic mass is 10.2. The van der Waals surface area contributed by atoms with Crippen LogP contribution in [0.15, 0.2) is 52.4 Å². The molecule has 0 spiro atoms. The van der Waals surface area contributed by atoms with Crippen LogP contribution in [0.3, 0.4) is 0 Å². The van der Waals surface area contributed by atoms with Gasteiger partial charge in [0.2, 0.25) is 6.79 Å². The first kappa shape index (κ1) is 14.1. The quantitative estimate of drug-likeness (QED) is 0.547. The molecule has 0 saturated carbocycles. The van der Waals surface area contributed by atoms with Crippen LogP contribution in [0.5, 0.6) is 11.5 Å². The lowest BCUT2D eigenvalue weighted by Gasteiger charge is -2.09. The van der Waals surface area contributed by atoms with Crippen molar-refractivity contribution in [3.8, 4) is 11.5 Å². The van der Waals surface area contributed by atoms with Gasteiger partial charge < -0.3 is 9.47 Å². The minimum absolute atomic E-state index is 0.0243. The second kappa shape index (κ2) is 5.62. The highest BCUT2D eigenvalue weighted by atomic mass is 32.2. The number of hydrogen-bond donors (Lipinski definition) is 0. The fourth-order valence-corrected chi connectivity index (χ4v) is 3.42. The summed E-state index contributed by atoms with van der Waals surface area (Å²) in [7, 11) is 1.75. The van der Waals surface area contributed by atoms with E-state index in [0.717, 1.165) is 22.6 Å². The highest BCUT2D eigenvalue weighted by molar-refractivity contribution is 7.98. The van der Waals surface area contributed by atoms with Crippen molar-refractivity contribution in [1.29, 1.82) is 0 Å². The maximum absolute atomic E-state index is 12.4. The zero-order chi connectivity index (χ0) is 15.8. The Morgan fingerprint density at radius 2 is 2.00 bits per heavy atom. The van der Waals surface area contributed by atoms with Crippen LogP contribution in [0, 0.1) is 0 Å². The minimum Gasteiger partial charge on any atom is -0.454 e. The number of nitrogens with zero attached hydrogens (tertiary/aromatic N) is 2. The molecule has 1 aromatic heterocycles. The summed E-state index contributed by atoms with van der Waals surface area (Å²) < 4.78 is 12.3. The van der Waals surface area contributed by atoms with Crippen molar-refractivity contribution in [1.82, 2.24) is 9.55 Å². The monoisotopic (exact) mass is 326 g/mol. The summed E-state index contributed by atoms with van der Waals surface area (Å²) in [4.78, 5) is 17.0. The van der Waals surface area contributed by atoms with Crippen LogP contribution >= 0.6 is 11.8 Å². The molecule has 0 N–H and O–H groups in total. The standard InChI is InChI=1S/C17H14N2O3S/c1-19-16(20)12-4-2-3-5-13(12)18-17(19)23-9-11-6-7-14-15(8-11)22-10-21-14/h2-8H,9-10H2,1H3. The summed E-state index contributed by atoms with van der Waals surface area (Å²) in [5.41, 5.74) is 1.80. The van der Waals surface area contributed by atoms with Crippen LogP contribution in [0.25, 0.3) is 10.9 Å². The fourth-order valence-electron chi connectivity index (χ4n) is 2.51. The Morgan fingerprint density at radius 3 is 2.91 bits per heavy atom. The third kappa shape index (κ3) is 2.55. The first-order chi connectivity index (χ1) is 11.2. The molecule has 2 heterocycles. The summed E-state index contributed by atoms with van der Waals surface area (Å²) in [5.74, 6) is 2.24. The third-order valence-electron chi connectivity index (χ3n) is 3.75. The summed E-state index contributed by atoms with van der Waals surface area (Å²) >= 11 is 1.53. The van der Waals surface area contributed by atoms with Gasteiger partial charge in [0.15, 0.2) is 16.7 Å². The normalized spacial score (nSPS) is 12.7. The molecule has 0 bridgehead atoms. The topological polar surface area (TPSA) is 53.4 Å². The third-order valence-corrected chi connectivity index (χ3v) is 4.85. The molecule has 0 atom stereocenters. The van der Waals surface area contributed by atoms with Gasteiger partial charge in [0.05, 0.1) is 10.9 Å². The number of ether oxygens (including phenoxy) is 2. The van der Waals surface area contributed by atoms with Crippen molar-refractivity contribution >= 4 is 22.7 Å². The molecule has 6 heteroatoms. The van der Waals surface area contributed by atoms with Crippen LogP contribution < -0.4 is 15.0 Å². The largest absolute Gasteiger partial charge is 0.454 e. The predicted molar refractivity (Wildman–Crippen MR) is 89.1 cm³/mol. The molecule has 23 heavy (non-hydrogen) atoms. The Morgan fingerprint density at radius 1 is 1.17 bits per heavy atom. The number of fused-ring (bicyclic) bond motifs is 2. The van der Waals surface area contributed by atoms with Crippen LogP contribution in [-0.4, -0.2) is 16.3 Å². The second-order valence-electron chi connectivity index (χ2n) is 5.25.